The quantitative estimate of drug-likeness (QED) is 0.815. The zero-order valence-electron chi connectivity index (χ0n) is 11.5. The lowest BCUT2D eigenvalue weighted by molar-refractivity contribution is 0.208. The number of hydrogen-bond donors (Lipinski definition) is 1. The number of anilines is 1. The first kappa shape index (κ1) is 13.4. The second-order valence-electron chi connectivity index (χ2n) is 4.97. The van der Waals surface area contributed by atoms with Crippen LogP contribution in [0.2, 0.25) is 0 Å². The van der Waals surface area contributed by atoms with E-state index in [9.17, 15) is 0 Å². The highest BCUT2D eigenvalue weighted by atomic mass is 15.3. The van der Waals surface area contributed by atoms with E-state index in [-0.39, 0.29) is 0 Å². The minimum atomic E-state index is 0.609. The Balaban J connectivity index is 1.76. The van der Waals surface area contributed by atoms with Crippen LogP contribution in [0.25, 0.3) is 0 Å². The minimum Gasteiger partial charge on any atom is -0.382 e. The SMILES string of the molecule is CCN(CC)C1CCN(CCn2ccc(N)n2)C1. The zero-order valence-corrected chi connectivity index (χ0v) is 11.5. The fourth-order valence-electron chi connectivity index (χ4n) is 2.80. The van der Waals surface area contributed by atoms with Gasteiger partial charge in [0.25, 0.3) is 0 Å². The Labute approximate surface area is 110 Å². The predicted molar refractivity (Wildman–Crippen MR) is 74.4 cm³/mol. The fraction of sp³-hybridized carbons (Fsp3) is 0.769. The molecule has 1 aromatic rings. The molecule has 0 bridgehead atoms. The molecule has 1 fully saturated rings. The number of nitrogens with two attached hydrogens (primary N) is 1. The van der Waals surface area contributed by atoms with Gasteiger partial charge in [0.05, 0.1) is 6.54 Å². The average molecular weight is 251 g/mol. The van der Waals surface area contributed by atoms with Gasteiger partial charge < -0.3 is 5.73 Å². The van der Waals surface area contributed by atoms with Crippen molar-refractivity contribution < 1.29 is 0 Å². The molecule has 2 N–H and O–H groups in total. The van der Waals surface area contributed by atoms with Gasteiger partial charge in [-0.05, 0) is 32.1 Å². The first-order valence-electron chi connectivity index (χ1n) is 6.98. The summed E-state index contributed by atoms with van der Waals surface area (Å²) in [5.41, 5.74) is 5.61. The largest absolute Gasteiger partial charge is 0.382 e. The maximum atomic E-state index is 5.61. The zero-order chi connectivity index (χ0) is 13.0. The number of likely N-dealkylation sites (N-methyl/N-ethyl adjacent to an activating group) is 1. The van der Waals surface area contributed by atoms with E-state index < -0.39 is 0 Å². The summed E-state index contributed by atoms with van der Waals surface area (Å²) in [6.45, 7) is 11.2. The Hall–Kier alpha value is -1.07. The fourth-order valence-corrected chi connectivity index (χ4v) is 2.80. The lowest BCUT2D eigenvalue weighted by atomic mass is 10.2. The standard InChI is InChI=1S/C13H25N5/c1-3-17(4-2)12-5-7-16(11-12)9-10-18-8-6-13(14)15-18/h6,8,12H,3-5,7,9-11H2,1-2H3,(H2,14,15). The maximum Gasteiger partial charge on any atom is 0.145 e. The van der Waals surface area contributed by atoms with Crippen molar-refractivity contribution in [2.75, 3.05) is 38.5 Å². The molecule has 1 unspecified atom stereocenters. The summed E-state index contributed by atoms with van der Waals surface area (Å²) < 4.78 is 1.93. The molecule has 1 atom stereocenters. The van der Waals surface area contributed by atoms with Crippen LogP contribution in [0.3, 0.4) is 0 Å². The third-order valence-corrected chi connectivity index (χ3v) is 3.88. The highest BCUT2D eigenvalue weighted by molar-refractivity contribution is 5.23. The Morgan fingerprint density at radius 2 is 2.17 bits per heavy atom. The van der Waals surface area contributed by atoms with Crippen molar-refractivity contribution in [2.45, 2.75) is 32.9 Å². The highest BCUT2D eigenvalue weighted by Gasteiger charge is 2.25. The van der Waals surface area contributed by atoms with E-state index in [2.05, 4.69) is 28.7 Å². The molecule has 1 aromatic heterocycles. The molecule has 5 nitrogen and oxygen atoms in total. The van der Waals surface area contributed by atoms with Gasteiger partial charge in [-0.25, -0.2) is 0 Å². The molecule has 1 aliphatic heterocycles. The van der Waals surface area contributed by atoms with Gasteiger partial charge in [-0.1, -0.05) is 13.8 Å². The normalized spacial score (nSPS) is 20.9. The molecular formula is C13H25N5. The van der Waals surface area contributed by atoms with Crippen LogP contribution in [0.1, 0.15) is 20.3 Å². The number of likely N-dealkylation sites (tertiary alicyclic amines) is 1. The molecular weight excluding hydrogens is 226 g/mol. The maximum absolute atomic E-state index is 5.61. The summed E-state index contributed by atoms with van der Waals surface area (Å²) in [6.07, 6.45) is 3.25. The van der Waals surface area contributed by atoms with Crippen LogP contribution in [0.15, 0.2) is 12.3 Å². The smallest absolute Gasteiger partial charge is 0.145 e. The number of rotatable bonds is 6. The Kier molecular flexibility index (Phi) is 4.60. The second-order valence-corrected chi connectivity index (χ2v) is 4.97. The first-order valence-corrected chi connectivity index (χ1v) is 6.98. The summed E-state index contributed by atoms with van der Waals surface area (Å²) in [5.74, 6) is 0.609. The Morgan fingerprint density at radius 3 is 2.78 bits per heavy atom. The molecule has 5 heteroatoms. The van der Waals surface area contributed by atoms with Crippen LogP contribution in [0.4, 0.5) is 5.82 Å². The van der Waals surface area contributed by atoms with E-state index in [1.165, 1.54) is 19.5 Å². The Bertz CT molecular complexity index is 358. The lowest BCUT2D eigenvalue weighted by Gasteiger charge is -2.26. The minimum absolute atomic E-state index is 0.609. The van der Waals surface area contributed by atoms with Gasteiger partial charge in [0.1, 0.15) is 5.82 Å². The van der Waals surface area contributed by atoms with Gasteiger partial charge in [-0.2, -0.15) is 5.10 Å². The molecule has 18 heavy (non-hydrogen) atoms. The molecule has 0 amide bonds. The van der Waals surface area contributed by atoms with Crippen molar-refractivity contribution in [3.8, 4) is 0 Å². The molecule has 1 aliphatic rings. The van der Waals surface area contributed by atoms with Gasteiger partial charge in [0.15, 0.2) is 0 Å². The van der Waals surface area contributed by atoms with Crippen molar-refractivity contribution >= 4 is 5.82 Å². The van der Waals surface area contributed by atoms with E-state index in [4.69, 9.17) is 5.73 Å². The number of aromatic nitrogens is 2. The molecule has 0 spiro atoms. The van der Waals surface area contributed by atoms with E-state index in [0.29, 0.717) is 5.82 Å². The van der Waals surface area contributed by atoms with Crippen molar-refractivity contribution in [1.29, 1.82) is 0 Å². The third kappa shape index (κ3) is 3.23. The summed E-state index contributed by atoms with van der Waals surface area (Å²) in [7, 11) is 0. The molecule has 102 valence electrons. The third-order valence-electron chi connectivity index (χ3n) is 3.88. The van der Waals surface area contributed by atoms with Crippen LogP contribution in [-0.2, 0) is 6.54 Å². The van der Waals surface area contributed by atoms with Gasteiger partial charge in [0.2, 0.25) is 0 Å². The summed E-state index contributed by atoms with van der Waals surface area (Å²) in [4.78, 5) is 5.09. The predicted octanol–water partition coefficient (Wildman–Crippen LogP) is 0.881. The van der Waals surface area contributed by atoms with E-state index >= 15 is 0 Å². The van der Waals surface area contributed by atoms with Crippen LogP contribution in [0, 0.1) is 0 Å². The van der Waals surface area contributed by atoms with Gasteiger partial charge >= 0.3 is 0 Å². The van der Waals surface area contributed by atoms with E-state index in [0.717, 1.165) is 32.2 Å². The number of nitrogens with zero attached hydrogens (tertiary/aromatic N) is 4. The molecule has 0 radical (unpaired) electrons. The monoisotopic (exact) mass is 251 g/mol. The van der Waals surface area contributed by atoms with Gasteiger partial charge in [-0.3, -0.25) is 14.5 Å². The van der Waals surface area contributed by atoms with Crippen molar-refractivity contribution in [3.05, 3.63) is 12.3 Å². The topological polar surface area (TPSA) is 50.3 Å². The van der Waals surface area contributed by atoms with Gasteiger partial charge in [-0.15, -0.1) is 0 Å². The van der Waals surface area contributed by atoms with Crippen LogP contribution < -0.4 is 5.73 Å². The summed E-state index contributed by atoms with van der Waals surface area (Å²) >= 11 is 0. The van der Waals surface area contributed by atoms with Crippen LogP contribution in [-0.4, -0.2) is 58.3 Å². The van der Waals surface area contributed by atoms with E-state index in [1.54, 1.807) is 0 Å². The molecule has 2 heterocycles. The summed E-state index contributed by atoms with van der Waals surface area (Å²) in [6, 6.07) is 2.59. The first-order chi connectivity index (χ1) is 8.72. The molecule has 2 rings (SSSR count). The van der Waals surface area contributed by atoms with Crippen molar-refractivity contribution in [3.63, 3.8) is 0 Å². The molecule has 0 aliphatic carbocycles. The lowest BCUT2D eigenvalue weighted by Crippen LogP contribution is -2.37. The van der Waals surface area contributed by atoms with Crippen molar-refractivity contribution in [1.82, 2.24) is 19.6 Å². The molecule has 1 saturated heterocycles. The van der Waals surface area contributed by atoms with Crippen LogP contribution >= 0.6 is 0 Å². The molecule has 0 saturated carbocycles. The summed E-state index contributed by atoms with van der Waals surface area (Å²) in [5, 5.41) is 4.22. The Morgan fingerprint density at radius 1 is 1.39 bits per heavy atom. The number of hydrogen-bond acceptors (Lipinski definition) is 4. The van der Waals surface area contributed by atoms with Gasteiger partial charge in [0, 0.05) is 25.3 Å². The molecule has 0 aromatic carbocycles. The highest BCUT2D eigenvalue weighted by Crippen LogP contribution is 2.15. The second kappa shape index (κ2) is 6.20. The van der Waals surface area contributed by atoms with Crippen LogP contribution in [0.5, 0.6) is 0 Å². The van der Waals surface area contributed by atoms with Crippen molar-refractivity contribution in [2.24, 2.45) is 0 Å². The number of nitrogen functional groups attached to an aromatic ring is 1. The van der Waals surface area contributed by atoms with E-state index in [1.807, 2.05) is 16.9 Å². The average Bonchev–Trinajstić information content (AvgIpc) is 2.98.